The fourth-order valence-corrected chi connectivity index (χ4v) is 4.63. The van der Waals surface area contributed by atoms with Gasteiger partial charge in [0.1, 0.15) is 0 Å². The van der Waals surface area contributed by atoms with Crippen molar-refractivity contribution in [2.75, 3.05) is 24.6 Å². The monoisotopic (exact) mass is 261 g/mol. The number of carbonyl (C=O) groups is 1. The van der Waals surface area contributed by atoms with Gasteiger partial charge in [-0.25, -0.2) is 8.42 Å². The van der Waals surface area contributed by atoms with Crippen molar-refractivity contribution in [3.8, 4) is 0 Å². The van der Waals surface area contributed by atoms with Crippen molar-refractivity contribution in [2.24, 2.45) is 5.92 Å². The highest BCUT2D eigenvalue weighted by molar-refractivity contribution is 7.91. The summed E-state index contributed by atoms with van der Waals surface area (Å²) in [4.78, 5) is 12.8. The predicted molar refractivity (Wildman–Crippen MR) is 63.6 cm³/mol. The van der Waals surface area contributed by atoms with E-state index in [0.717, 1.165) is 32.4 Å². The Morgan fingerprint density at radius 3 is 2.76 bits per heavy atom. The maximum Gasteiger partial charge on any atom is 0.303 e. The molecule has 1 N–H and O–H groups in total. The van der Waals surface area contributed by atoms with Crippen LogP contribution in [0.2, 0.25) is 0 Å². The van der Waals surface area contributed by atoms with E-state index in [-0.39, 0.29) is 24.1 Å². The molecule has 2 unspecified atom stereocenters. The van der Waals surface area contributed by atoms with Gasteiger partial charge in [-0.3, -0.25) is 9.69 Å². The third-order valence-corrected chi connectivity index (χ3v) is 5.54. The van der Waals surface area contributed by atoms with Crippen molar-refractivity contribution in [3.05, 3.63) is 0 Å². The van der Waals surface area contributed by atoms with E-state index in [0.29, 0.717) is 5.75 Å². The largest absolute Gasteiger partial charge is 0.481 e. The SMILES string of the molecule is O=C(O)CC1CCN(C2CCCS(=O)(=O)C2)C1. The van der Waals surface area contributed by atoms with Crippen LogP contribution in [0.5, 0.6) is 0 Å². The van der Waals surface area contributed by atoms with Crippen LogP contribution in [0.3, 0.4) is 0 Å². The fourth-order valence-electron chi connectivity index (χ4n) is 2.89. The molecule has 0 aromatic heterocycles. The van der Waals surface area contributed by atoms with E-state index in [1.807, 2.05) is 0 Å². The first-order valence-corrected chi connectivity index (χ1v) is 7.95. The average molecular weight is 261 g/mol. The molecule has 0 aromatic rings. The lowest BCUT2D eigenvalue weighted by Crippen LogP contribution is -2.42. The normalized spacial score (nSPS) is 33.6. The minimum atomic E-state index is -2.87. The lowest BCUT2D eigenvalue weighted by molar-refractivity contribution is -0.138. The van der Waals surface area contributed by atoms with Crippen molar-refractivity contribution in [1.29, 1.82) is 0 Å². The lowest BCUT2D eigenvalue weighted by atomic mass is 10.1. The van der Waals surface area contributed by atoms with Gasteiger partial charge >= 0.3 is 5.97 Å². The molecule has 2 atom stereocenters. The van der Waals surface area contributed by atoms with Crippen LogP contribution in [0.15, 0.2) is 0 Å². The van der Waals surface area contributed by atoms with Gasteiger partial charge in [0.05, 0.1) is 11.5 Å². The summed E-state index contributed by atoms with van der Waals surface area (Å²) < 4.78 is 23.1. The number of hydrogen-bond acceptors (Lipinski definition) is 4. The molecule has 5 nitrogen and oxygen atoms in total. The Morgan fingerprint density at radius 2 is 2.12 bits per heavy atom. The molecular formula is C11H19NO4S. The molecule has 2 saturated heterocycles. The smallest absolute Gasteiger partial charge is 0.303 e. The first-order valence-electron chi connectivity index (χ1n) is 6.12. The zero-order valence-corrected chi connectivity index (χ0v) is 10.7. The van der Waals surface area contributed by atoms with Crippen molar-refractivity contribution in [1.82, 2.24) is 4.90 Å². The van der Waals surface area contributed by atoms with Gasteiger partial charge in [0.2, 0.25) is 0 Å². The summed E-state index contributed by atoms with van der Waals surface area (Å²) in [5.41, 5.74) is 0. The third-order valence-electron chi connectivity index (χ3n) is 3.74. The van der Waals surface area contributed by atoms with E-state index >= 15 is 0 Å². The molecule has 17 heavy (non-hydrogen) atoms. The number of carboxylic acids is 1. The summed E-state index contributed by atoms with van der Waals surface area (Å²) in [5, 5.41) is 8.74. The second kappa shape index (κ2) is 4.94. The number of nitrogens with zero attached hydrogens (tertiary/aromatic N) is 1. The first kappa shape index (κ1) is 12.8. The van der Waals surface area contributed by atoms with Gasteiger partial charge in [-0.05, 0) is 31.7 Å². The number of sulfone groups is 1. The lowest BCUT2D eigenvalue weighted by Gasteiger charge is -2.30. The predicted octanol–water partition coefficient (Wildman–Crippen LogP) is 0.360. The van der Waals surface area contributed by atoms with Gasteiger partial charge < -0.3 is 5.11 Å². The Morgan fingerprint density at radius 1 is 1.35 bits per heavy atom. The molecule has 2 heterocycles. The van der Waals surface area contributed by atoms with Crippen molar-refractivity contribution in [3.63, 3.8) is 0 Å². The molecule has 2 aliphatic heterocycles. The third kappa shape index (κ3) is 3.42. The Balaban J connectivity index is 1.90. The zero-order chi connectivity index (χ0) is 12.5. The van der Waals surface area contributed by atoms with E-state index in [2.05, 4.69) is 4.90 Å². The second-order valence-electron chi connectivity index (χ2n) is 5.16. The summed E-state index contributed by atoms with van der Waals surface area (Å²) >= 11 is 0. The zero-order valence-electron chi connectivity index (χ0n) is 9.84. The Hall–Kier alpha value is -0.620. The van der Waals surface area contributed by atoms with Crippen LogP contribution < -0.4 is 0 Å². The first-order chi connectivity index (χ1) is 7.96. The highest BCUT2D eigenvalue weighted by Gasteiger charge is 2.34. The molecule has 0 aromatic carbocycles. The van der Waals surface area contributed by atoms with E-state index in [4.69, 9.17) is 5.11 Å². The average Bonchev–Trinajstić information content (AvgIpc) is 2.63. The van der Waals surface area contributed by atoms with Gasteiger partial charge in [0.15, 0.2) is 9.84 Å². The van der Waals surface area contributed by atoms with Crippen LogP contribution in [0.25, 0.3) is 0 Å². The summed E-state index contributed by atoms with van der Waals surface area (Å²) in [6.07, 6.45) is 2.75. The summed E-state index contributed by atoms with van der Waals surface area (Å²) in [5.74, 6) is 0.00752. The van der Waals surface area contributed by atoms with Gasteiger partial charge in [-0.15, -0.1) is 0 Å². The van der Waals surface area contributed by atoms with Crippen LogP contribution in [0.4, 0.5) is 0 Å². The van der Waals surface area contributed by atoms with Crippen LogP contribution in [-0.2, 0) is 14.6 Å². The van der Waals surface area contributed by atoms with E-state index < -0.39 is 15.8 Å². The van der Waals surface area contributed by atoms with E-state index in [9.17, 15) is 13.2 Å². The minimum absolute atomic E-state index is 0.118. The molecule has 2 rings (SSSR count). The Bertz CT molecular complexity index is 392. The van der Waals surface area contributed by atoms with Crippen molar-refractivity contribution in [2.45, 2.75) is 31.7 Å². The summed E-state index contributed by atoms with van der Waals surface area (Å²) in [6, 6.07) is 0.118. The van der Waals surface area contributed by atoms with Crippen LogP contribution >= 0.6 is 0 Å². The molecule has 6 heteroatoms. The molecule has 0 aliphatic carbocycles. The van der Waals surface area contributed by atoms with E-state index in [1.54, 1.807) is 0 Å². The van der Waals surface area contributed by atoms with Crippen molar-refractivity contribution < 1.29 is 18.3 Å². The van der Waals surface area contributed by atoms with Gasteiger partial charge in [-0.1, -0.05) is 0 Å². The molecule has 0 saturated carbocycles. The molecule has 0 bridgehead atoms. The topological polar surface area (TPSA) is 74.7 Å². The number of rotatable bonds is 3. The second-order valence-corrected chi connectivity index (χ2v) is 7.39. The molecule has 2 aliphatic rings. The number of aliphatic carboxylic acids is 1. The molecule has 0 radical (unpaired) electrons. The molecular weight excluding hydrogens is 242 g/mol. The van der Waals surface area contributed by atoms with Crippen molar-refractivity contribution >= 4 is 15.8 Å². The molecule has 98 valence electrons. The standard InChI is InChI=1S/C11H19NO4S/c13-11(14)6-9-3-4-12(7-9)10-2-1-5-17(15,16)8-10/h9-10H,1-8H2,(H,13,14). The fraction of sp³-hybridized carbons (Fsp3) is 0.909. The minimum Gasteiger partial charge on any atom is -0.481 e. The van der Waals surface area contributed by atoms with E-state index in [1.165, 1.54) is 0 Å². The Labute approximate surface area is 102 Å². The highest BCUT2D eigenvalue weighted by atomic mass is 32.2. The maximum absolute atomic E-state index is 11.6. The molecule has 0 spiro atoms. The van der Waals surface area contributed by atoms with Gasteiger partial charge in [0, 0.05) is 19.0 Å². The highest BCUT2D eigenvalue weighted by Crippen LogP contribution is 2.26. The molecule has 2 fully saturated rings. The van der Waals surface area contributed by atoms with Gasteiger partial charge in [-0.2, -0.15) is 0 Å². The number of likely N-dealkylation sites (tertiary alicyclic amines) is 1. The summed E-state index contributed by atoms with van der Waals surface area (Å²) in [6.45, 7) is 1.59. The molecule has 0 amide bonds. The maximum atomic E-state index is 11.6. The van der Waals surface area contributed by atoms with Crippen LogP contribution in [0.1, 0.15) is 25.7 Å². The number of carboxylic acid groups (broad SMARTS) is 1. The Kier molecular flexibility index (Phi) is 3.73. The quantitative estimate of drug-likeness (QED) is 0.794. The summed E-state index contributed by atoms with van der Waals surface area (Å²) in [7, 11) is -2.87. The number of hydrogen-bond donors (Lipinski definition) is 1. The van der Waals surface area contributed by atoms with Crippen LogP contribution in [0, 0.1) is 5.92 Å². The van der Waals surface area contributed by atoms with Gasteiger partial charge in [0.25, 0.3) is 0 Å². The van der Waals surface area contributed by atoms with Crippen LogP contribution in [-0.4, -0.2) is 55.0 Å².